The van der Waals surface area contributed by atoms with Crippen molar-refractivity contribution in [2.45, 2.75) is 52.0 Å². The topological polar surface area (TPSA) is 27.1 Å². The van der Waals surface area contributed by atoms with Crippen LogP contribution in [0, 0.1) is 5.92 Å². The third-order valence-corrected chi connectivity index (χ3v) is 3.61. The van der Waals surface area contributed by atoms with Crippen molar-refractivity contribution >= 4 is 0 Å². The van der Waals surface area contributed by atoms with Gasteiger partial charge < -0.3 is 4.74 Å². The molecule has 0 amide bonds. The number of nitrogens with zero attached hydrogens (tertiary/aromatic N) is 2. The summed E-state index contributed by atoms with van der Waals surface area (Å²) in [6.07, 6.45) is 7.86. The molecule has 0 aromatic carbocycles. The first-order valence-electron chi connectivity index (χ1n) is 6.66. The van der Waals surface area contributed by atoms with Crippen molar-refractivity contribution in [1.82, 2.24) is 9.78 Å². The summed E-state index contributed by atoms with van der Waals surface area (Å²) in [4.78, 5) is 0. The van der Waals surface area contributed by atoms with E-state index in [1.807, 2.05) is 6.20 Å². The summed E-state index contributed by atoms with van der Waals surface area (Å²) < 4.78 is 7.47. The number of hydrogen-bond donors (Lipinski definition) is 0. The molecule has 1 aromatic heterocycles. The summed E-state index contributed by atoms with van der Waals surface area (Å²) in [5.74, 6) is 0.825. The molecule has 1 fully saturated rings. The van der Waals surface area contributed by atoms with Gasteiger partial charge in [-0.2, -0.15) is 5.10 Å². The van der Waals surface area contributed by atoms with E-state index < -0.39 is 0 Å². The van der Waals surface area contributed by atoms with E-state index in [1.165, 1.54) is 24.8 Å². The quantitative estimate of drug-likeness (QED) is 0.806. The largest absolute Gasteiger partial charge is 0.381 e. The molecule has 1 aliphatic heterocycles. The van der Waals surface area contributed by atoms with Gasteiger partial charge >= 0.3 is 0 Å². The van der Waals surface area contributed by atoms with Crippen molar-refractivity contribution in [1.29, 1.82) is 0 Å². The molecule has 0 bridgehead atoms. The molecule has 0 unspecified atom stereocenters. The van der Waals surface area contributed by atoms with E-state index in [1.54, 1.807) is 0 Å². The van der Waals surface area contributed by atoms with Crippen molar-refractivity contribution in [3.05, 3.63) is 18.0 Å². The molecule has 3 heteroatoms. The van der Waals surface area contributed by atoms with Crippen LogP contribution < -0.4 is 0 Å². The monoisotopic (exact) mass is 236 g/mol. The molecule has 96 valence electrons. The minimum atomic E-state index is 0.205. The molecule has 1 aromatic rings. The molecular formula is C14H24N2O. The SMILES string of the molecule is CC(C)(C)c1cnn(CCC2CCOCC2)c1. The lowest BCUT2D eigenvalue weighted by Gasteiger charge is -2.21. The third kappa shape index (κ3) is 3.56. The first-order chi connectivity index (χ1) is 8.05. The van der Waals surface area contributed by atoms with Crippen LogP contribution in [0.2, 0.25) is 0 Å². The Morgan fingerprint density at radius 2 is 2.06 bits per heavy atom. The number of aromatic nitrogens is 2. The molecule has 0 atom stereocenters. The fraction of sp³-hybridized carbons (Fsp3) is 0.786. The van der Waals surface area contributed by atoms with Crippen LogP contribution in [-0.2, 0) is 16.7 Å². The van der Waals surface area contributed by atoms with Gasteiger partial charge in [-0.15, -0.1) is 0 Å². The van der Waals surface area contributed by atoms with E-state index in [0.29, 0.717) is 0 Å². The van der Waals surface area contributed by atoms with Gasteiger partial charge in [-0.05, 0) is 36.2 Å². The number of rotatable bonds is 3. The summed E-state index contributed by atoms with van der Waals surface area (Å²) in [7, 11) is 0. The Morgan fingerprint density at radius 3 is 2.65 bits per heavy atom. The first-order valence-corrected chi connectivity index (χ1v) is 6.66. The second-order valence-corrected chi connectivity index (χ2v) is 6.09. The summed E-state index contributed by atoms with van der Waals surface area (Å²) in [6.45, 7) is 9.61. The maximum atomic E-state index is 5.38. The van der Waals surface area contributed by atoms with Crippen LogP contribution in [0.3, 0.4) is 0 Å². The summed E-state index contributed by atoms with van der Waals surface area (Å²) in [5.41, 5.74) is 1.53. The lowest BCUT2D eigenvalue weighted by atomic mass is 9.90. The fourth-order valence-electron chi connectivity index (χ4n) is 2.22. The molecule has 0 spiro atoms. The highest BCUT2D eigenvalue weighted by atomic mass is 16.5. The maximum absolute atomic E-state index is 5.38. The Morgan fingerprint density at radius 1 is 1.35 bits per heavy atom. The Hall–Kier alpha value is -0.830. The highest BCUT2D eigenvalue weighted by Crippen LogP contribution is 2.22. The van der Waals surface area contributed by atoms with Gasteiger partial charge in [-0.3, -0.25) is 4.68 Å². The lowest BCUT2D eigenvalue weighted by Crippen LogP contribution is -2.17. The van der Waals surface area contributed by atoms with Crippen LogP contribution >= 0.6 is 0 Å². The fourth-order valence-corrected chi connectivity index (χ4v) is 2.22. The highest BCUT2D eigenvalue weighted by Gasteiger charge is 2.17. The van der Waals surface area contributed by atoms with E-state index in [2.05, 4.69) is 36.7 Å². The average molecular weight is 236 g/mol. The molecule has 0 radical (unpaired) electrons. The van der Waals surface area contributed by atoms with Crippen molar-refractivity contribution in [3.63, 3.8) is 0 Å². The number of aryl methyl sites for hydroxylation is 1. The van der Waals surface area contributed by atoms with E-state index in [-0.39, 0.29) is 5.41 Å². The second kappa shape index (κ2) is 5.21. The van der Waals surface area contributed by atoms with E-state index in [4.69, 9.17) is 4.74 Å². The standard InChI is InChI=1S/C14H24N2O/c1-14(2,3)13-10-15-16(11-13)7-4-12-5-8-17-9-6-12/h10-12H,4-9H2,1-3H3. The average Bonchev–Trinajstić information content (AvgIpc) is 2.76. The van der Waals surface area contributed by atoms with Gasteiger partial charge in [-0.25, -0.2) is 0 Å². The third-order valence-electron chi connectivity index (χ3n) is 3.61. The molecule has 0 N–H and O–H groups in total. The van der Waals surface area contributed by atoms with Gasteiger partial charge in [0.15, 0.2) is 0 Å². The zero-order valence-electron chi connectivity index (χ0n) is 11.3. The predicted molar refractivity (Wildman–Crippen MR) is 69.1 cm³/mol. The van der Waals surface area contributed by atoms with Gasteiger partial charge in [0, 0.05) is 26.0 Å². The van der Waals surface area contributed by atoms with Crippen LogP contribution in [0.15, 0.2) is 12.4 Å². The molecule has 1 saturated heterocycles. The van der Waals surface area contributed by atoms with Crippen molar-refractivity contribution in [2.24, 2.45) is 5.92 Å². The van der Waals surface area contributed by atoms with Gasteiger partial charge in [0.25, 0.3) is 0 Å². The predicted octanol–water partition coefficient (Wildman–Crippen LogP) is 3.00. The van der Waals surface area contributed by atoms with Gasteiger partial charge in [0.1, 0.15) is 0 Å². The molecule has 0 saturated carbocycles. The first kappa shape index (κ1) is 12.6. The lowest BCUT2D eigenvalue weighted by molar-refractivity contribution is 0.0623. The highest BCUT2D eigenvalue weighted by molar-refractivity contribution is 5.14. The van der Waals surface area contributed by atoms with Crippen molar-refractivity contribution in [3.8, 4) is 0 Å². The molecule has 2 rings (SSSR count). The van der Waals surface area contributed by atoms with Gasteiger partial charge in [0.2, 0.25) is 0 Å². The molecule has 1 aliphatic rings. The summed E-state index contributed by atoms with van der Waals surface area (Å²) in [5, 5.41) is 4.45. The minimum absolute atomic E-state index is 0.205. The zero-order chi connectivity index (χ0) is 12.3. The van der Waals surface area contributed by atoms with Crippen LogP contribution in [-0.4, -0.2) is 23.0 Å². The Bertz CT molecular complexity index is 345. The molecule has 0 aliphatic carbocycles. The minimum Gasteiger partial charge on any atom is -0.381 e. The summed E-state index contributed by atoms with van der Waals surface area (Å²) in [6, 6.07) is 0. The molecule has 17 heavy (non-hydrogen) atoms. The van der Waals surface area contributed by atoms with Crippen LogP contribution in [0.4, 0.5) is 0 Å². The molecular weight excluding hydrogens is 212 g/mol. The van der Waals surface area contributed by atoms with Crippen molar-refractivity contribution < 1.29 is 4.74 Å². The van der Waals surface area contributed by atoms with Crippen LogP contribution in [0.5, 0.6) is 0 Å². The molecule has 3 nitrogen and oxygen atoms in total. The maximum Gasteiger partial charge on any atom is 0.0527 e. The smallest absolute Gasteiger partial charge is 0.0527 e. The van der Waals surface area contributed by atoms with E-state index in [0.717, 1.165) is 25.7 Å². The van der Waals surface area contributed by atoms with Crippen LogP contribution in [0.25, 0.3) is 0 Å². The molecule has 2 heterocycles. The second-order valence-electron chi connectivity index (χ2n) is 6.09. The van der Waals surface area contributed by atoms with Gasteiger partial charge in [-0.1, -0.05) is 20.8 Å². The Balaban J connectivity index is 1.84. The van der Waals surface area contributed by atoms with E-state index in [9.17, 15) is 0 Å². The Kier molecular flexibility index (Phi) is 3.87. The van der Waals surface area contributed by atoms with Crippen LogP contribution in [0.1, 0.15) is 45.6 Å². The Labute approximate surface area is 104 Å². The summed E-state index contributed by atoms with van der Waals surface area (Å²) >= 11 is 0. The number of hydrogen-bond acceptors (Lipinski definition) is 2. The van der Waals surface area contributed by atoms with Gasteiger partial charge in [0.05, 0.1) is 6.20 Å². The normalized spacial score (nSPS) is 18.5. The van der Waals surface area contributed by atoms with Crippen molar-refractivity contribution in [2.75, 3.05) is 13.2 Å². The number of ether oxygens (including phenoxy) is 1. The van der Waals surface area contributed by atoms with E-state index >= 15 is 0 Å². The zero-order valence-corrected chi connectivity index (χ0v) is 11.3.